The van der Waals surface area contributed by atoms with Gasteiger partial charge >= 0.3 is 0 Å². The minimum atomic E-state index is -0.0675. The summed E-state index contributed by atoms with van der Waals surface area (Å²) in [5.41, 5.74) is 10.3. The molecule has 0 saturated carbocycles. The number of nitrogens with two attached hydrogens (primary N) is 1. The molecule has 70 valence electrons. The van der Waals surface area contributed by atoms with E-state index in [1.807, 2.05) is 20.8 Å². The summed E-state index contributed by atoms with van der Waals surface area (Å²) in [5, 5.41) is 3.65. The van der Waals surface area contributed by atoms with E-state index < -0.39 is 0 Å². The van der Waals surface area contributed by atoms with E-state index in [0.29, 0.717) is 5.11 Å². The van der Waals surface area contributed by atoms with Gasteiger partial charge in [-0.05, 0) is 45.2 Å². The van der Waals surface area contributed by atoms with Gasteiger partial charge in [0.1, 0.15) is 0 Å². The molecule has 0 unspecified atom stereocenters. The minimum Gasteiger partial charge on any atom is -0.375 e. The summed E-state index contributed by atoms with van der Waals surface area (Å²) in [6.45, 7) is 6.01. The molecule has 0 atom stereocenters. The highest BCUT2D eigenvalue weighted by Crippen LogP contribution is 1.96. The fourth-order valence-electron chi connectivity index (χ4n) is 0.490. The van der Waals surface area contributed by atoms with E-state index in [-0.39, 0.29) is 10.7 Å². The Morgan fingerprint density at radius 3 is 2.00 bits per heavy atom. The Labute approximate surface area is 83.2 Å². The summed E-state index contributed by atoms with van der Waals surface area (Å²) in [6, 6.07) is 0. The number of rotatable bonds is 0. The van der Waals surface area contributed by atoms with Crippen molar-refractivity contribution in [1.82, 2.24) is 16.2 Å². The van der Waals surface area contributed by atoms with Gasteiger partial charge < -0.3 is 11.1 Å². The van der Waals surface area contributed by atoms with Crippen molar-refractivity contribution in [1.29, 1.82) is 0 Å². The van der Waals surface area contributed by atoms with Crippen LogP contribution in [-0.2, 0) is 0 Å². The first kappa shape index (κ1) is 11.4. The Hall–Kier alpha value is -0.620. The SMILES string of the molecule is CC(C)(C)NC(=S)NNC(N)=S. The highest BCUT2D eigenvalue weighted by atomic mass is 32.1. The summed E-state index contributed by atoms with van der Waals surface area (Å²) < 4.78 is 0. The lowest BCUT2D eigenvalue weighted by atomic mass is 10.1. The first-order valence-corrected chi connectivity index (χ1v) is 4.26. The van der Waals surface area contributed by atoms with Crippen molar-refractivity contribution >= 4 is 34.7 Å². The van der Waals surface area contributed by atoms with Gasteiger partial charge in [0, 0.05) is 5.54 Å². The fraction of sp³-hybridized carbons (Fsp3) is 0.667. The smallest absolute Gasteiger partial charge is 0.185 e. The molecule has 0 spiro atoms. The second-order valence-electron chi connectivity index (χ2n) is 3.32. The zero-order valence-corrected chi connectivity index (χ0v) is 9.03. The van der Waals surface area contributed by atoms with Crippen LogP contribution in [0.1, 0.15) is 20.8 Å². The molecule has 0 radical (unpaired) electrons. The van der Waals surface area contributed by atoms with E-state index in [1.54, 1.807) is 0 Å². The van der Waals surface area contributed by atoms with Crippen LogP contribution < -0.4 is 21.9 Å². The van der Waals surface area contributed by atoms with Crippen molar-refractivity contribution in [2.45, 2.75) is 26.3 Å². The maximum atomic E-state index is 5.17. The fourth-order valence-corrected chi connectivity index (χ4v) is 0.898. The average molecular weight is 206 g/mol. The lowest BCUT2D eigenvalue weighted by molar-refractivity contribution is 0.505. The zero-order valence-electron chi connectivity index (χ0n) is 7.39. The molecular formula is C6H14N4S2. The first-order valence-electron chi connectivity index (χ1n) is 3.45. The maximum Gasteiger partial charge on any atom is 0.185 e. The van der Waals surface area contributed by atoms with Gasteiger partial charge in [-0.2, -0.15) is 0 Å². The van der Waals surface area contributed by atoms with Crippen LogP contribution in [0, 0.1) is 0 Å². The molecule has 0 aliphatic rings. The highest BCUT2D eigenvalue weighted by molar-refractivity contribution is 7.80. The topological polar surface area (TPSA) is 62.1 Å². The lowest BCUT2D eigenvalue weighted by Crippen LogP contribution is -2.53. The van der Waals surface area contributed by atoms with E-state index in [4.69, 9.17) is 18.0 Å². The third-order valence-corrected chi connectivity index (χ3v) is 1.09. The van der Waals surface area contributed by atoms with Gasteiger partial charge in [0.05, 0.1) is 0 Å². The third-order valence-electron chi connectivity index (χ3n) is 0.788. The molecule has 0 aliphatic heterocycles. The van der Waals surface area contributed by atoms with Crippen molar-refractivity contribution in [3.63, 3.8) is 0 Å². The van der Waals surface area contributed by atoms with E-state index in [2.05, 4.69) is 28.4 Å². The normalized spacial score (nSPS) is 10.2. The molecule has 0 aromatic carbocycles. The van der Waals surface area contributed by atoms with E-state index in [1.165, 1.54) is 0 Å². The molecule has 0 aromatic rings. The van der Waals surface area contributed by atoms with Crippen LogP contribution in [0.3, 0.4) is 0 Å². The van der Waals surface area contributed by atoms with Crippen molar-refractivity contribution in [2.75, 3.05) is 0 Å². The average Bonchev–Trinajstić information content (AvgIpc) is 1.79. The van der Waals surface area contributed by atoms with Gasteiger partial charge in [0.15, 0.2) is 10.2 Å². The Morgan fingerprint density at radius 2 is 1.67 bits per heavy atom. The number of nitrogens with one attached hydrogen (secondary N) is 3. The van der Waals surface area contributed by atoms with Crippen molar-refractivity contribution < 1.29 is 0 Å². The molecule has 0 heterocycles. The molecular weight excluding hydrogens is 192 g/mol. The van der Waals surface area contributed by atoms with Gasteiger partial charge in [0.2, 0.25) is 0 Å². The predicted octanol–water partition coefficient (Wildman–Crippen LogP) is -0.00280. The Balaban J connectivity index is 3.68. The second-order valence-corrected chi connectivity index (χ2v) is 4.17. The van der Waals surface area contributed by atoms with Crippen molar-refractivity contribution in [3.8, 4) is 0 Å². The highest BCUT2D eigenvalue weighted by Gasteiger charge is 2.10. The Kier molecular flexibility index (Phi) is 4.19. The van der Waals surface area contributed by atoms with Gasteiger partial charge in [-0.25, -0.2) is 0 Å². The standard InChI is InChI=1S/C6H14N4S2/c1-6(2,3)8-5(12)10-9-4(7)11/h1-3H3,(H3,7,9,11)(H2,8,10,12). The van der Waals surface area contributed by atoms with E-state index in [0.717, 1.165) is 0 Å². The Bertz CT molecular complexity index is 184. The molecule has 0 aliphatic carbocycles. The molecule has 0 rings (SSSR count). The van der Waals surface area contributed by atoms with Crippen LogP contribution in [0.2, 0.25) is 0 Å². The van der Waals surface area contributed by atoms with E-state index >= 15 is 0 Å². The number of hydrogen-bond acceptors (Lipinski definition) is 2. The van der Waals surface area contributed by atoms with Crippen LogP contribution >= 0.6 is 24.4 Å². The van der Waals surface area contributed by atoms with Crippen LogP contribution in [0.4, 0.5) is 0 Å². The van der Waals surface area contributed by atoms with Crippen LogP contribution in [-0.4, -0.2) is 15.8 Å². The molecule has 0 aromatic heterocycles. The van der Waals surface area contributed by atoms with Crippen LogP contribution in [0.25, 0.3) is 0 Å². The molecule has 0 fully saturated rings. The third kappa shape index (κ3) is 7.49. The van der Waals surface area contributed by atoms with Gasteiger partial charge in [-0.15, -0.1) is 0 Å². The summed E-state index contributed by atoms with van der Waals surface area (Å²) in [4.78, 5) is 0. The Morgan fingerprint density at radius 1 is 1.17 bits per heavy atom. The summed E-state index contributed by atoms with van der Waals surface area (Å²) >= 11 is 9.49. The maximum absolute atomic E-state index is 5.17. The first-order chi connectivity index (χ1) is 5.31. The minimum absolute atomic E-state index is 0.0675. The lowest BCUT2D eigenvalue weighted by Gasteiger charge is -2.23. The molecule has 0 bridgehead atoms. The van der Waals surface area contributed by atoms with Crippen LogP contribution in [0.15, 0.2) is 0 Å². The van der Waals surface area contributed by atoms with Gasteiger partial charge in [-0.3, -0.25) is 10.9 Å². The molecule has 5 N–H and O–H groups in total. The summed E-state index contributed by atoms with van der Waals surface area (Å²) in [6.07, 6.45) is 0. The monoisotopic (exact) mass is 206 g/mol. The van der Waals surface area contributed by atoms with Gasteiger partial charge in [-0.1, -0.05) is 0 Å². The molecule has 4 nitrogen and oxygen atoms in total. The van der Waals surface area contributed by atoms with Crippen molar-refractivity contribution in [2.24, 2.45) is 5.73 Å². The van der Waals surface area contributed by atoms with Gasteiger partial charge in [0.25, 0.3) is 0 Å². The van der Waals surface area contributed by atoms with Crippen LogP contribution in [0.5, 0.6) is 0 Å². The summed E-state index contributed by atoms with van der Waals surface area (Å²) in [7, 11) is 0. The molecule has 12 heavy (non-hydrogen) atoms. The number of hydrogen-bond donors (Lipinski definition) is 4. The summed E-state index contributed by atoms with van der Waals surface area (Å²) in [5.74, 6) is 0. The largest absolute Gasteiger partial charge is 0.375 e. The number of hydrazine groups is 1. The van der Waals surface area contributed by atoms with E-state index in [9.17, 15) is 0 Å². The van der Waals surface area contributed by atoms with Crippen molar-refractivity contribution in [3.05, 3.63) is 0 Å². The quantitative estimate of drug-likeness (QED) is 0.330. The second kappa shape index (κ2) is 4.42. The predicted molar refractivity (Wildman–Crippen MR) is 58.5 cm³/mol. The molecule has 0 saturated heterocycles. The molecule has 6 heteroatoms. The number of thiocarbonyl (C=S) groups is 2. The zero-order chi connectivity index (χ0) is 9.78. The molecule has 0 amide bonds.